The zero-order chi connectivity index (χ0) is 7.84. The van der Waals surface area contributed by atoms with Crippen LogP contribution in [0.3, 0.4) is 0 Å². The van der Waals surface area contributed by atoms with E-state index in [2.05, 4.69) is 4.37 Å². The first-order valence-corrected chi connectivity index (χ1v) is 3.86. The van der Waals surface area contributed by atoms with Gasteiger partial charge in [-0.15, -0.1) is 0 Å². The Balaban J connectivity index is 2.99. The Morgan fingerprint density at radius 3 is 3.09 bits per heavy atom. The highest BCUT2D eigenvalue weighted by Crippen LogP contribution is 2.10. The number of hydrogen-bond acceptors (Lipinski definition) is 2. The molecule has 0 bridgehead atoms. The molecule has 2 nitrogen and oxygen atoms in total. The normalized spacial score (nSPS) is 10.6. The summed E-state index contributed by atoms with van der Waals surface area (Å²) >= 11 is 0.979. The second-order valence-corrected chi connectivity index (χ2v) is 2.96. The Bertz CT molecular complexity index is 445. The van der Waals surface area contributed by atoms with Crippen LogP contribution in [0.25, 0.3) is 10.9 Å². The Hall–Kier alpha value is -1.16. The minimum Gasteiger partial charge on any atom is -0.307 e. The van der Waals surface area contributed by atoms with Crippen LogP contribution in [-0.2, 0) is 0 Å². The number of H-pyrrole nitrogens is 1. The molecule has 1 aromatic heterocycles. The highest BCUT2D eigenvalue weighted by Gasteiger charge is 2.00. The fraction of sp³-hybridized carbons (Fsp3) is 0. The zero-order valence-corrected chi connectivity index (χ0v) is 6.24. The van der Waals surface area contributed by atoms with Gasteiger partial charge in [0.15, 0.2) is 0 Å². The van der Waals surface area contributed by atoms with Crippen LogP contribution in [0.1, 0.15) is 0 Å². The number of benzene rings is 1. The Labute approximate surface area is 65.4 Å². The lowest BCUT2D eigenvalue weighted by Gasteiger charge is -1.85. The van der Waals surface area contributed by atoms with Gasteiger partial charge >= 0.3 is 0 Å². The van der Waals surface area contributed by atoms with Gasteiger partial charge in [0.05, 0.1) is 10.9 Å². The number of aromatic nitrogens is 1. The fourth-order valence-corrected chi connectivity index (χ4v) is 1.59. The summed E-state index contributed by atoms with van der Waals surface area (Å²) in [6.07, 6.45) is 0. The largest absolute Gasteiger partial charge is 0.307 e. The fourth-order valence-electron chi connectivity index (χ4n) is 0.931. The van der Waals surface area contributed by atoms with E-state index in [0.717, 1.165) is 11.5 Å². The summed E-state index contributed by atoms with van der Waals surface area (Å²) in [7, 11) is 0. The Morgan fingerprint density at radius 1 is 1.45 bits per heavy atom. The van der Waals surface area contributed by atoms with Gasteiger partial charge < -0.3 is 4.37 Å². The van der Waals surface area contributed by atoms with Crippen LogP contribution in [-0.4, -0.2) is 4.37 Å². The molecule has 0 aliphatic rings. The maximum atomic E-state index is 12.5. The average molecular weight is 169 g/mol. The molecule has 0 unspecified atom stereocenters. The molecule has 0 fully saturated rings. The molecule has 11 heavy (non-hydrogen) atoms. The average Bonchev–Trinajstić information content (AvgIpc) is 2.33. The van der Waals surface area contributed by atoms with Gasteiger partial charge in [-0.05, 0) is 29.7 Å². The molecule has 0 amide bonds. The van der Waals surface area contributed by atoms with Crippen LogP contribution in [0.2, 0.25) is 0 Å². The van der Waals surface area contributed by atoms with Crippen LogP contribution in [0, 0.1) is 5.82 Å². The maximum Gasteiger partial charge on any atom is 0.257 e. The standard InChI is InChI=1S/C7H4FNOS/c8-4-1-2-6-5(3-4)7(10)11-9-6/h1-3,9H. The van der Waals surface area contributed by atoms with Gasteiger partial charge in [0.2, 0.25) is 0 Å². The summed E-state index contributed by atoms with van der Waals surface area (Å²) in [5.74, 6) is -0.374. The number of aromatic amines is 1. The van der Waals surface area contributed by atoms with Crippen LogP contribution >= 0.6 is 11.5 Å². The number of hydrogen-bond donors (Lipinski definition) is 1. The minimum atomic E-state index is -0.374. The van der Waals surface area contributed by atoms with Crippen LogP contribution < -0.4 is 4.74 Å². The molecule has 1 aromatic carbocycles. The Morgan fingerprint density at radius 2 is 2.27 bits per heavy atom. The quantitative estimate of drug-likeness (QED) is 0.640. The lowest BCUT2D eigenvalue weighted by atomic mass is 10.2. The van der Waals surface area contributed by atoms with E-state index in [1.54, 1.807) is 6.07 Å². The second-order valence-electron chi connectivity index (χ2n) is 2.18. The van der Waals surface area contributed by atoms with Gasteiger partial charge in [0.1, 0.15) is 5.82 Å². The van der Waals surface area contributed by atoms with E-state index in [1.165, 1.54) is 12.1 Å². The summed E-state index contributed by atoms with van der Waals surface area (Å²) < 4.78 is 15.2. The first kappa shape index (κ1) is 6.54. The summed E-state index contributed by atoms with van der Waals surface area (Å²) in [5, 5.41) is 0.426. The number of nitrogens with one attached hydrogen (secondary N) is 1. The second kappa shape index (κ2) is 2.17. The van der Waals surface area contributed by atoms with Crippen molar-refractivity contribution < 1.29 is 4.39 Å². The predicted molar refractivity (Wildman–Crippen MR) is 42.4 cm³/mol. The van der Waals surface area contributed by atoms with Crippen molar-refractivity contribution >= 4 is 22.4 Å². The van der Waals surface area contributed by atoms with Crippen molar-refractivity contribution in [3.8, 4) is 0 Å². The predicted octanol–water partition coefficient (Wildman–Crippen LogP) is 1.73. The van der Waals surface area contributed by atoms with Gasteiger partial charge in [-0.2, -0.15) is 0 Å². The van der Waals surface area contributed by atoms with Gasteiger partial charge in [-0.1, -0.05) is 0 Å². The number of rotatable bonds is 0. The molecule has 1 N–H and O–H groups in total. The van der Waals surface area contributed by atoms with E-state index in [1.807, 2.05) is 0 Å². The summed E-state index contributed by atoms with van der Waals surface area (Å²) in [6.45, 7) is 0. The van der Waals surface area contributed by atoms with Crippen molar-refractivity contribution in [3.05, 3.63) is 33.6 Å². The monoisotopic (exact) mass is 169 g/mol. The maximum absolute atomic E-state index is 12.5. The van der Waals surface area contributed by atoms with Crippen molar-refractivity contribution in [2.24, 2.45) is 0 Å². The van der Waals surface area contributed by atoms with Gasteiger partial charge in [0, 0.05) is 0 Å². The van der Waals surface area contributed by atoms with Crippen molar-refractivity contribution in [2.45, 2.75) is 0 Å². The van der Waals surface area contributed by atoms with E-state index in [0.29, 0.717) is 10.9 Å². The molecule has 0 atom stereocenters. The Kier molecular flexibility index (Phi) is 1.29. The van der Waals surface area contributed by atoms with Gasteiger partial charge in [-0.25, -0.2) is 4.39 Å². The van der Waals surface area contributed by atoms with Crippen molar-refractivity contribution in [3.63, 3.8) is 0 Å². The van der Waals surface area contributed by atoms with Gasteiger partial charge in [-0.3, -0.25) is 4.79 Å². The highest BCUT2D eigenvalue weighted by molar-refractivity contribution is 7.04. The first-order valence-electron chi connectivity index (χ1n) is 3.04. The highest BCUT2D eigenvalue weighted by atomic mass is 32.1. The topological polar surface area (TPSA) is 32.9 Å². The third kappa shape index (κ3) is 0.952. The lowest BCUT2D eigenvalue weighted by molar-refractivity contribution is 0.629. The molecular weight excluding hydrogens is 165 g/mol. The summed E-state index contributed by atoms with van der Waals surface area (Å²) in [4.78, 5) is 11.0. The number of fused-ring (bicyclic) bond motifs is 1. The molecule has 0 spiro atoms. The molecule has 0 aliphatic carbocycles. The molecule has 0 saturated heterocycles. The van der Waals surface area contributed by atoms with Crippen LogP contribution in [0.15, 0.2) is 23.0 Å². The van der Waals surface area contributed by atoms with Crippen molar-refractivity contribution in [2.75, 3.05) is 0 Å². The van der Waals surface area contributed by atoms with Crippen molar-refractivity contribution in [1.29, 1.82) is 0 Å². The SMILES string of the molecule is O=c1s[nH]c2ccc(F)cc12. The van der Waals surface area contributed by atoms with E-state index in [-0.39, 0.29) is 10.6 Å². The number of halogens is 1. The van der Waals surface area contributed by atoms with E-state index >= 15 is 0 Å². The molecule has 0 saturated carbocycles. The van der Waals surface area contributed by atoms with Crippen LogP contribution in [0.5, 0.6) is 0 Å². The smallest absolute Gasteiger partial charge is 0.257 e. The van der Waals surface area contributed by atoms with E-state index < -0.39 is 0 Å². The van der Waals surface area contributed by atoms with Crippen molar-refractivity contribution in [1.82, 2.24) is 4.37 Å². The summed E-state index contributed by atoms with van der Waals surface area (Å²) in [6, 6.07) is 4.12. The molecule has 0 radical (unpaired) electrons. The summed E-state index contributed by atoms with van der Waals surface area (Å²) in [5.41, 5.74) is 0.696. The molecule has 2 rings (SSSR count). The van der Waals surface area contributed by atoms with Crippen LogP contribution in [0.4, 0.5) is 4.39 Å². The molecular formula is C7H4FNOS. The lowest BCUT2D eigenvalue weighted by Crippen LogP contribution is -1.87. The zero-order valence-electron chi connectivity index (χ0n) is 5.43. The molecule has 1 heterocycles. The molecule has 4 heteroatoms. The molecule has 2 aromatic rings. The minimum absolute atomic E-state index is 0.125. The third-order valence-electron chi connectivity index (χ3n) is 1.46. The first-order chi connectivity index (χ1) is 5.27. The third-order valence-corrected chi connectivity index (χ3v) is 2.18. The molecule has 56 valence electrons. The van der Waals surface area contributed by atoms with E-state index in [4.69, 9.17) is 0 Å². The van der Waals surface area contributed by atoms with E-state index in [9.17, 15) is 9.18 Å². The molecule has 0 aliphatic heterocycles. The van der Waals surface area contributed by atoms with Gasteiger partial charge in [0.25, 0.3) is 4.74 Å².